The second-order valence-corrected chi connectivity index (χ2v) is 3.36. The minimum atomic E-state index is -0.0886. The minimum Gasteiger partial charge on any atom is -0.300 e. The lowest BCUT2D eigenvalue weighted by atomic mass is 9.98. The van der Waals surface area contributed by atoms with Gasteiger partial charge in [0.25, 0.3) is 0 Å². The summed E-state index contributed by atoms with van der Waals surface area (Å²) in [6, 6.07) is 0. The Bertz CT molecular complexity index is 161. The molecular formula is C10H18O2. The van der Waals surface area contributed by atoms with E-state index in [1.54, 1.807) is 0 Å². The van der Waals surface area contributed by atoms with Gasteiger partial charge in [-0.05, 0) is 13.3 Å². The predicted molar refractivity (Wildman–Crippen MR) is 49.0 cm³/mol. The van der Waals surface area contributed by atoms with Crippen LogP contribution in [0.3, 0.4) is 0 Å². The zero-order chi connectivity index (χ0) is 9.56. The van der Waals surface area contributed by atoms with Crippen LogP contribution in [0.5, 0.6) is 0 Å². The molecule has 0 bridgehead atoms. The van der Waals surface area contributed by atoms with Crippen molar-refractivity contribution in [1.29, 1.82) is 0 Å². The van der Waals surface area contributed by atoms with Crippen LogP contribution in [0.2, 0.25) is 0 Å². The van der Waals surface area contributed by atoms with Gasteiger partial charge in [-0.2, -0.15) is 0 Å². The van der Waals surface area contributed by atoms with E-state index in [0.717, 1.165) is 12.8 Å². The highest BCUT2D eigenvalue weighted by Gasteiger charge is 2.11. The average Bonchev–Trinajstić information content (AvgIpc) is 2.00. The normalized spacial score (nSPS) is 12.6. The summed E-state index contributed by atoms with van der Waals surface area (Å²) in [7, 11) is 0. The van der Waals surface area contributed by atoms with Gasteiger partial charge in [0.2, 0.25) is 0 Å². The zero-order valence-corrected chi connectivity index (χ0v) is 8.22. The molecule has 0 saturated heterocycles. The van der Waals surface area contributed by atoms with Gasteiger partial charge in [0.1, 0.15) is 11.6 Å². The lowest BCUT2D eigenvalue weighted by molar-refractivity contribution is -0.126. The standard InChI is InChI=1S/C10H18O2/c1-4-5-6-10(12)7-8(2)9(3)11/h8H,4-7H2,1-3H3. The maximum absolute atomic E-state index is 11.2. The van der Waals surface area contributed by atoms with Crippen LogP contribution in [0, 0.1) is 5.92 Å². The van der Waals surface area contributed by atoms with E-state index in [2.05, 4.69) is 6.92 Å². The van der Waals surface area contributed by atoms with Crippen molar-refractivity contribution in [2.45, 2.75) is 46.5 Å². The first-order valence-electron chi connectivity index (χ1n) is 4.60. The summed E-state index contributed by atoms with van der Waals surface area (Å²) in [4.78, 5) is 22.0. The van der Waals surface area contributed by atoms with Gasteiger partial charge in [0.15, 0.2) is 0 Å². The molecule has 1 atom stereocenters. The highest BCUT2D eigenvalue weighted by molar-refractivity contribution is 5.86. The number of unbranched alkanes of at least 4 members (excludes halogenated alkanes) is 1. The quantitative estimate of drug-likeness (QED) is 0.613. The van der Waals surface area contributed by atoms with Crippen LogP contribution in [0.1, 0.15) is 46.5 Å². The largest absolute Gasteiger partial charge is 0.300 e. The number of hydrogen-bond donors (Lipinski definition) is 0. The number of carbonyl (C=O) groups is 2. The zero-order valence-electron chi connectivity index (χ0n) is 8.22. The van der Waals surface area contributed by atoms with E-state index in [4.69, 9.17) is 0 Å². The molecule has 0 aliphatic heterocycles. The molecule has 0 N–H and O–H groups in total. The van der Waals surface area contributed by atoms with Crippen LogP contribution < -0.4 is 0 Å². The van der Waals surface area contributed by atoms with Crippen molar-refractivity contribution in [3.05, 3.63) is 0 Å². The lowest BCUT2D eigenvalue weighted by Gasteiger charge is -2.05. The van der Waals surface area contributed by atoms with Crippen molar-refractivity contribution >= 4 is 11.6 Å². The van der Waals surface area contributed by atoms with Crippen LogP contribution in [0.4, 0.5) is 0 Å². The molecule has 0 saturated carbocycles. The molecule has 70 valence electrons. The molecular weight excluding hydrogens is 152 g/mol. The number of Topliss-reactive ketones (excluding diaryl/α,β-unsaturated/α-hetero) is 2. The van der Waals surface area contributed by atoms with Crippen molar-refractivity contribution in [3.63, 3.8) is 0 Å². The molecule has 0 aromatic carbocycles. The van der Waals surface area contributed by atoms with Gasteiger partial charge >= 0.3 is 0 Å². The predicted octanol–water partition coefficient (Wildman–Crippen LogP) is 2.36. The average molecular weight is 170 g/mol. The maximum Gasteiger partial charge on any atom is 0.133 e. The van der Waals surface area contributed by atoms with E-state index < -0.39 is 0 Å². The number of carbonyl (C=O) groups excluding carboxylic acids is 2. The van der Waals surface area contributed by atoms with Crippen LogP contribution >= 0.6 is 0 Å². The third-order valence-corrected chi connectivity index (χ3v) is 2.04. The summed E-state index contributed by atoms with van der Waals surface area (Å²) in [6.07, 6.45) is 3.05. The van der Waals surface area contributed by atoms with Gasteiger partial charge in [-0.1, -0.05) is 20.3 Å². The molecule has 0 amide bonds. The van der Waals surface area contributed by atoms with Gasteiger partial charge in [-0.25, -0.2) is 0 Å². The molecule has 12 heavy (non-hydrogen) atoms. The molecule has 0 heterocycles. The monoisotopic (exact) mass is 170 g/mol. The Morgan fingerprint density at radius 3 is 2.33 bits per heavy atom. The molecule has 0 aromatic rings. The molecule has 0 aliphatic carbocycles. The van der Waals surface area contributed by atoms with Gasteiger partial charge in [-0.3, -0.25) is 9.59 Å². The fraction of sp³-hybridized carbons (Fsp3) is 0.800. The Kier molecular flexibility index (Phi) is 5.60. The van der Waals surface area contributed by atoms with Crippen molar-refractivity contribution in [2.24, 2.45) is 5.92 Å². The highest BCUT2D eigenvalue weighted by Crippen LogP contribution is 2.07. The van der Waals surface area contributed by atoms with Crippen molar-refractivity contribution in [1.82, 2.24) is 0 Å². The smallest absolute Gasteiger partial charge is 0.133 e. The Hall–Kier alpha value is -0.660. The topological polar surface area (TPSA) is 34.1 Å². The molecule has 0 rings (SSSR count). The highest BCUT2D eigenvalue weighted by atomic mass is 16.1. The number of ketones is 2. The van der Waals surface area contributed by atoms with E-state index in [1.165, 1.54) is 6.92 Å². The molecule has 0 aromatic heterocycles. The van der Waals surface area contributed by atoms with E-state index in [-0.39, 0.29) is 17.5 Å². The first kappa shape index (κ1) is 11.3. The Morgan fingerprint density at radius 2 is 1.92 bits per heavy atom. The Labute approximate surface area is 74.3 Å². The van der Waals surface area contributed by atoms with Crippen LogP contribution in [-0.2, 0) is 9.59 Å². The molecule has 0 radical (unpaired) electrons. The Balaban J connectivity index is 3.61. The van der Waals surface area contributed by atoms with Gasteiger partial charge < -0.3 is 0 Å². The molecule has 2 nitrogen and oxygen atoms in total. The van der Waals surface area contributed by atoms with Gasteiger partial charge in [-0.15, -0.1) is 0 Å². The van der Waals surface area contributed by atoms with Crippen molar-refractivity contribution in [3.8, 4) is 0 Å². The first-order valence-corrected chi connectivity index (χ1v) is 4.60. The third-order valence-electron chi connectivity index (χ3n) is 2.04. The SMILES string of the molecule is CCCCC(=O)CC(C)C(C)=O. The van der Waals surface area contributed by atoms with Gasteiger partial charge in [0, 0.05) is 18.8 Å². The van der Waals surface area contributed by atoms with E-state index in [0.29, 0.717) is 12.8 Å². The number of rotatable bonds is 6. The van der Waals surface area contributed by atoms with E-state index >= 15 is 0 Å². The summed E-state index contributed by atoms with van der Waals surface area (Å²) in [5.41, 5.74) is 0. The fourth-order valence-corrected chi connectivity index (χ4v) is 0.961. The van der Waals surface area contributed by atoms with Crippen LogP contribution in [0.15, 0.2) is 0 Å². The summed E-state index contributed by atoms with van der Waals surface area (Å²) < 4.78 is 0. The summed E-state index contributed by atoms with van der Waals surface area (Å²) in [5.74, 6) is 0.244. The van der Waals surface area contributed by atoms with E-state index in [1.807, 2.05) is 6.92 Å². The van der Waals surface area contributed by atoms with Gasteiger partial charge in [0.05, 0.1) is 0 Å². The molecule has 0 aliphatic rings. The molecule has 2 heteroatoms. The van der Waals surface area contributed by atoms with E-state index in [9.17, 15) is 9.59 Å². The maximum atomic E-state index is 11.2. The van der Waals surface area contributed by atoms with Crippen molar-refractivity contribution < 1.29 is 9.59 Å². The number of hydrogen-bond acceptors (Lipinski definition) is 2. The third kappa shape index (κ3) is 5.05. The lowest BCUT2D eigenvalue weighted by Crippen LogP contribution is -2.12. The summed E-state index contributed by atoms with van der Waals surface area (Å²) in [5, 5.41) is 0. The second-order valence-electron chi connectivity index (χ2n) is 3.36. The van der Waals surface area contributed by atoms with Crippen LogP contribution in [-0.4, -0.2) is 11.6 Å². The second kappa shape index (κ2) is 5.92. The fourth-order valence-electron chi connectivity index (χ4n) is 0.961. The Morgan fingerprint density at radius 1 is 1.33 bits per heavy atom. The molecule has 0 fully saturated rings. The van der Waals surface area contributed by atoms with Crippen molar-refractivity contribution in [2.75, 3.05) is 0 Å². The summed E-state index contributed by atoms with van der Waals surface area (Å²) >= 11 is 0. The molecule has 0 spiro atoms. The first-order chi connectivity index (χ1) is 5.57. The minimum absolute atomic E-state index is 0.0886. The summed E-state index contributed by atoms with van der Waals surface area (Å²) in [6.45, 7) is 5.41. The van der Waals surface area contributed by atoms with Crippen LogP contribution in [0.25, 0.3) is 0 Å². The molecule has 1 unspecified atom stereocenters.